The van der Waals surface area contributed by atoms with Crippen LogP contribution in [0.3, 0.4) is 0 Å². The predicted octanol–water partition coefficient (Wildman–Crippen LogP) is 9.93. The predicted molar refractivity (Wildman–Crippen MR) is 323 cm³/mol. The molecule has 0 saturated heterocycles. The Labute approximate surface area is 498 Å². The lowest BCUT2D eigenvalue weighted by atomic mass is 9.88. The fourth-order valence-corrected chi connectivity index (χ4v) is 8.47. The van der Waals surface area contributed by atoms with Gasteiger partial charge in [-0.1, -0.05) is 146 Å². The van der Waals surface area contributed by atoms with Gasteiger partial charge in [0.05, 0.1) is 25.7 Å². The number of nitrogens with zero attached hydrogens (tertiary/aromatic N) is 2. The summed E-state index contributed by atoms with van der Waals surface area (Å²) < 4.78 is 11.7. The van der Waals surface area contributed by atoms with E-state index in [1.807, 2.05) is 52.5 Å². The van der Waals surface area contributed by atoms with Crippen LogP contribution in [-0.2, 0) is 28.8 Å². The van der Waals surface area contributed by atoms with Crippen molar-refractivity contribution in [3.05, 3.63) is 203 Å². The van der Waals surface area contributed by atoms with Crippen molar-refractivity contribution in [3.8, 4) is 11.5 Å². The van der Waals surface area contributed by atoms with E-state index in [4.69, 9.17) is 73.5 Å². The normalized spacial score (nSPS) is 11.6. The Bertz CT molecular complexity index is 2830. The zero-order valence-corrected chi connectivity index (χ0v) is 48.7. The number of likely N-dealkylation sites (N-methyl/N-ethyl adjacent to an activating group) is 2. The van der Waals surface area contributed by atoms with E-state index in [9.17, 15) is 28.8 Å². The van der Waals surface area contributed by atoms with E-state index >= 15 is 0 Å². The number of carboxylic acid groups (broad SMARTS) is 6. The summed E-state index contributed by atoms with van der Waals surface area (Å²) in [6.07, 6.45) is -2.97. The van der Waals surface area contributed by atoms with Crippen molar-refractivity contribution >= 4 is 81.3 Å². The van der Waals surface area contributed by atoms with Crippen LogP contribution < -0.4 is 9.47 Å². The standard InChI is InChI=1S/2C26H28ClNO.2C6H8O7/c2*1-28(2)19-20-29-24-15-13-23(14-16-24)26(22-11-7-4-8-12-22)25(17-18-27)21-9-5-3-6-10-21;2*7-3(8)1-6(13,5(11)12)2-4(9)10/h2*3-16H,17-20H2,1-2H3;2*13H,1-2H2,(H,7,8)(H,9,10)(H,11,12)/b2*26-25-;;. The first-order valence-corrected chi connectivity index (χ1v) is 27.3. The molecule has 0 bridgehead atoms. The molecule has 0 aromatic heterocycles. The Morgan fingerprint density at radius 3 is 0.833 bits per heavy atom. The van der Waals surface area contributed by atoms with Crippen LogP contribution >= 0.6 is 23.2 Å². The van der Waals surface area contributed by atoms with Gasteiger partial charge in [-0.3, -0.25) is 19.2 Å². The van der Waals surface area contributed by atoms with Gasteiger partial charge >= 0.3 is 35.8 Å². The summed E-state index contributed by atoms with van der Waals surface area (Å²) in [6.45, 7) is 3.14. The third kappa shape index (κ3) is 24.6. The van der Waals surface area contributed by atoms with Crippen LogP contribution in [-0.4, -0.2) is 164 Å². The number of benzene rings is 6. The zero-order chi connectivity index (χ0) is 62.2. The number of carbonyl (C=O) groups is 6. The molecule has 0 heterocycles. The highest BCUT2D eigenvalue weighted by atomic mass is 35.5. The Balaban J connectivity index is 0.000000315. The molecular formula is C64H72Cl2N2O16. The van der Waals surface area contributed by atoms with E-state index in [1.165, 1.54) is 55.7 Å². The van der Waals surface area contributed by atoms with Gasteiger partial charge < -0.3 is 60.1 Å². The molecule has 8 N–H and O–H groups in total. The molecule has 0 fully saturated rings. The molecular weight excluding hydrogens is 1120 g/mol. The number of hydrogen-bond donors (Lipinski definition) is 8. The van der Waals surface area contributed by atoms with Crippen LogP contribution in [0.5, 0.6) is 11.5 Å². The summed E-state index contributed by atoms with van der Waals surface area (Å²) in [5.74, 6) is -7.11. The number of alkyl halides is 2. The van der Waals surface area contributed by atoms with Gasteiger partial charge in [0, 0.05) is 24.8 Å². The summed E-state index contributed by atoms with van der Waals surface area (Å²) in [7, 11) is 8.19. The van der Waals surface area contributed by atoms with E-state index in [2.05, 4.69) is 155 Å². The first kappa shape index (κ1) is 69.9. The van der Waals surface area contributed by atoms with Crippen molar-refractivity contribution in [2.75, 3.05) is 66.3 Å². The maximum absolute atomic E-state index is 10.3. The molecule has 0 spiro atoms. The van der Waals surface area contributed by atoms with Gasteiger partial charge in [-0.05, 0) is 121 Å². The molecule has 0 unspecified atom stereocenters. The van der Waals surface area contributed by atoms with Gasteiger partial charge in [-0.15, -0.1) is 23.2 Å². The second-order valence-electron chi connectivity index (χ2n) is 19.4. The monoisotopic (exact) mass is 1190 g/mol. The van der Waals surface area contributed by atoms with E-state index < -0.39 is 72.7 Å². The summed E-state index contributed by atoms with van der Waals surface area (Å²) in [4.78, 5) is 65.2. The minimum Gasteiger partial charge on any atom is -0.492 e. The lowest BCUT2D eigenvalue weighted by Gasteiger charge is -2.18. The largest absolute Gasteiger partial charge is 0.492 e. The molecule has 6 aromatic rings. The second-order valence-corrected chi connectivity index (χ2v) is 20.1. The second kappa shape index (κ2) is 36.3. The van der Waals surface area contributed by atoms with Crippen molar-refractivity contribution in [2.24, 2.45) is 0 Å². The molecule has 0 saturated carbocycles. The van der Waals surface area contributed by atoms with E-state index in [0.29, 0.717) is 25.0 Å². The van der Waals surface area contributed by atoms with E-state index in [-0.39, 0.29) is 0 Å². The van der Waals surface area contributed by atoms with Crippen molar-refractivity contribution < 1.29 is 79.1 Å². The first-order chi connectivity index (χ1) is 39.9. The van der Waals surface area contributed by atoms with E-state index in [0.717, 1.165) is 37.4 Å². The third-order valence-corrected chi connectivity index (χ3v) is 12.5. The highest BCUT2D eigenvalue weighted by Gasteiger charge is 2.41. The smallest absolute Gasteiger partial charge is 0.336 e. The number of ether oxygens (including phenoxy) is 2. The molecule has 84 heavy (non-hydrogen) atoms. The molecule has 6 aromatic carbocycles. The van der Waals surface area contributed by atoms with Gasteiger partial charge in [-0.25, -0.2) is 9.59 Å². The zero-order valence-electron chi connectivity index (χ0n) is 47.1. The highest BCUT2D eigenvalue weighted by Crippen LogP contribution is 2.37. The molecule has 0 aliphatic carbocycles. The van der Waals surface area contributed by atoms with Crippen LogP contribution in [0.4, 0.5) is 0 Å². The maximum atomic E-state index is 10.3. The van der Waals surface area contributed by atoms with Gasteiger partial charge in [0.2, 0.25) is 0 Å². The van der Waals surface area contributed by atoms with Gasteiger partial charge in [0.25, 0.3) is 0 Å². The van der Waals surface area contributed by atoms with Crippen LogP contribution in [0.1, 0.15) is 71.9 Å². The first-order valence-electron chi connectivity index (χ1n) is 26.3. The summed E-state index contributed by atoms with van der Waals surface area (Å²) in [6, 6.07) is 58.9. The van der Waals surface area contributed by atoms with Crippen LogP contribution in [0.2, 0.25) is 0 Å². The molecule has 0 aliphatic rings. The molecule has 0 atom stereocenters. The maximum Gasteiger partial charge on any atom is 0.336 e. The number of carboxylic acids is 6. The molecule has 0 radical (unpaired) electrons. The fourth-order valence-electron chi connectivity index (χ4n) is 8.09. The third-order valence-electron chi connectivity index (χ3n) is 12.1. The van der Waals surface area contributed by atoms with Crippen molar-refractivity contribution in [1.29, 1.82) is 0 Å². The Morgan fingerprint density at radius 1 is 0.381 bits per heavy atom. The lowest BCUT2D eigenvalue weighted by Crippen LogP contribution is -2.42. The van der Waals surface area contributed by atoms with Gasteiger partial charge in [-0.2, -0.15) is 0 Å². The van der Waals surface area contributed by atoms with Crippen LogP contribution in [0.25, 0.3) is 22.3 Å². The number of hydrogen-bond acceptors (Lipinski definition) is 12. The Hall–Kier alpha value is -8.36. The number of allylic oxidation sites excluding steroid dienone is 2. The summed E-state index contributed by atoms with van der Waals surface area (Å²) in [5.41, 5.74) is 6.61. The lowest BCUT2D eigenvalue weighted by molar-refractivity contribution is -0.170. The van der Waals surface area contributed by atoms with Crippen molar-refractivity contribution in [1.82, 2.24) is 9.80 Å². The summed E-state index contributed by atoms with van der Waals surface area (Å²) in [5, 5.41) is 67.6. The molecule has 20 heteroatoms. The number of halogens is 2. The SMILES string of the molecule is CN(C)CCOc1ccc(/C(=C(/CCCl)c2ccccc2)c2ccccc2)cc1.CN(C)CCOc1ccc(/C(=C(/CCCl)c2ccccc2)c2ccccc2)cc1.O=C(O)CC(O)(CC(=O)O)C(=O)O.O=C(O)CC(O)(CC(=O)O)C(=O)O. The molecule has 448 valence electrons. The highest BCUT2D eigenvalue weighted by molar-refractivity contribution is 6.19. The minimum atomic E-state index is -2.74. The fraction of sp³-hybridized carbons (Fsp3) is 0.281. The van der Waals surface area contributed by atoms with E-state index in [1.54, 1.807) is 0 Å². The quantitative estimate of drug-likeness (QED) is 0.0167. The van der Waals surface area contributed by atoms with Crippen LogP contribution in [0, 0.1) is 0 Å². The van der Waals surface area contributed by atoms with Gasteiger partial charge in [0.15, 0.2) is 11.2 Å². The molecule has 18 nitrogen and oxygen atoms in total. The summed E-state index contributed by atoms with van der Waals surface area (Å²) >= 11 is 12.4. The van der Waals surface area contributed by atoms with Gasteiger partial charge in [0.1, 0.15) is 24.7 Å². The molecule has 0 amide bonds. The number of rotatable bonds is 28. The molecule has 0 aliphatic heterocycles. The number of aliphatic carboxylic acids is 6. The van der Waals surface area contributed by atoms with Crippen molar-refractivity contribution in [3.63, 3.8) is 0 Å². The number of aliphatic hydroxyl groups is 2. The minimum absolute atomic E-state index is 0.576. The Kier molecular flexibility index (Phi) is 30.2. The van der Waals surface area contributed by atoms with Crippen LogP contribution in [0.15, 0.2) is 170 Å². The topological polar surface area (TPSA) is 289 Å². The van der Waals surface area contributed by atoms with Crippen molar-refractivity contribution in [2.45, 2.75) is 49.7 Å². The molecule has 6 rings (SSSR count). The Morgan fingerprint density at radius 2 is 0.619 bits per heavy atom. The average Bonchev–Trinajstić information content (AvgIpc) is 3.65. The average molecular weight is 1200 g/mol.